The van der Waals surface area contributed by atoms with Crippen molar-refractivity contribution < 1.29 is 13.5 Å². The third-order valence-electron chi connectivity index (χ3n) is 6.34. The fraction of sp³-hybridized carbons (Fsp3) is 0.179. The van der Waals surface area contributed by atoms with Gasteiger partial charge in [-0.25, -0.2) is 14.1 Å². The molecule has 0 radical (unpaired) electrons. The number of rotatable bonds is 9. The molecule has 0 saturated carbocycles. The quantitative estimate of drug-likeness (QED) is 0.162. The van der Waals surface area contributed by atoms with Gasteiger partial charge in [0.15, 0.2) is 5.82 Å². The standard InChI is InChI=1S/C28H22Cl2F2N8O/c1-3-17(29)5-4-15(2)25(24-12-40(39-38-24)20-13-41-14-20)36-18-6-21-26(37-19-8-23(31)28(32)35-11-19)16(9-33)10-34-27(21)22(30)7-18/h3-8,10-12,20,25,36H,2,13-14H2,1H3,(H,34,37)/b5-4-,17-3+/t25-/m0/s1. The minimum Gasteiger partial charge on any atom is -0.377 e. The van der Waals surface area contributed by atoms with Crippen molar-refractivity contribution >= 4 is 51.2 Å². The van der Waals surface area contributed by atoms with Crippen LogP contribution in [-0.4, -0.2) is 38.2 Å². The normalized spacial score (nSPS) is 14.6. The average Bonchev–Trinajstić information content (AvgIpc) is 3.40. The smallest absolute Gasteiger partial charge is 0.249 e. The summed E-state index contributed by atoms with van der Waals surface area (Å²) < 4.78 is 34.3. The molecule has 1 saturated heterocycles. The lowest BCUT2D eigenvalue weighted by Crippen LogP contribution is -2.31. The fourth-order valence-corrected chi connectivity index (χ4v) is 4.41. The van der Waals surface area contributed by atoms with E-state index in [1.165, 1.54) is 6.20 Å². The first-order chi connectivity index (χ1) is 19.8. The summed E-state index contributed by atoms with van der Waals surface area (Å²) in [5.74, 6) is -2.37. The summed E-state index contributed by atoms with van der Waals surface area (Å²) in [4.78, 5) is 7.74. The van der Waals surface area contributed by atoms with Gasteiger partial charge in [0, 0.05) is 28.4 Å². The predicted octanol–water partition coefficient (Wildman–Crippen LogP) is 6.75. The highest BCUT2D eigenvalue weighted by molar-refractivity contribution is 6.36. The third-order valence-corrected chi connectivity index (χ3v) is 6.98. The van der Waals surface area contributed by atoms with E-state index in [1.54, 1.807) is 35.0 Å². The van der Waals surface area contributed by atoms with E-state index in [2.05, 4.69) is 43.6 Å². The molecule has 1 atom stereocenters. The highest BCUT2D eigenvalue weighted by Gasteiger charge is 2.25. The second-order valence-corrected chi connectivity index (χ2v) is 9.95. The van der Waals surface area contributed by atoms with E-state index in [0.717, 1.165) is 12.3 Å². The van der Waals surface area contributed by atoms with Crippen molar-refractivity contribution in [2.24, 2.45) is 0 Å². The number of hydrogen-bond acceptors (Lipinski definition) is 8. The van der Waals surface area contributed by atoms with Crippen LogP contribution in [0.15, 0.2) is 72.2 Å². The molecular formula is C28H22Cl2F2N8O. The van der Waals surface area contributed by atoms with Crippen molar-refractivity contribution in [1.82, 2.24) is 25.0 Å². The van der Waals surface area contributed by atoms with Crippen LogP contribution in [0.1, 0.15) is 30.3 Å². The number of nitriles is 1. The highest BCUT2D eigenvalue weighted by Crippen LogP contribution is 2.37. The largest absolute Gasteiger partial charge is 0.377 e. The van der Waals surface area contributed by atoms with Crippen molar-refractivity contribution in [3.05, 3.63) is 100 Å². The predicted molar refractivity (Wildman–Crippen MR) is 153 cm³/mol. The lowest BCUT2D eigenvalue weighted by Gasteiger charge is -2.25. The first-order valence-corrected chi connectivity index (χ1v) is 13.1. The first kappa shape index (κ1) is 28.2. The van der Waals surface area contributed by atoms with E-state index in [-0.39, 0.29) is 22.3 Å². The van der Waals surface area contributed by atoms with Crippen LogP contribution < -0.4 is 10.6 Å². The molecule has 0 aliphatic carbocycles. The number of halogens is 4. The Bertz CT molecular complexity index is 1740. The van der Waals surface area contributed by atoms with Crippen LogP contribution in [0.25, 0.3) is 10.9 Å². The van der Waals surface area contributed by atoms with E-state index in [0.29, 0.717) is 51.8 Å². The number of aromatic nitrogens is 5. The van der Waals surface area contributed by atoms with Gasteiger partial charge in [-0.1, -0.05) is 47.1 Å². The zero-order valence-electron chi connectivity index (χ0n) is 21.6. The minimum atomic E-state index is -1.23. The lowest BCUT2D eigenvalue weighted by molar-refractivity contribution is -0.0293. The molecule has 9 nitrogen and oxygen atoms in total. The maximum absolute atomic E-state index is 13.9. The fourth-order valence-electron chi connectivity index (χ4n) is 4.08. The summed E-state index contributed by atoms with van der Waals surface area (Å²) in [6, 6.07) is 5.98. The molecule has 41 heavy (non-hydrogen) atoms. The van der Waals surface area contributed by atoms with Gasteiger partial charge >= 0.3 is 0 Å². The number of allylic oxidation sites excluding steroid dienone is 3. The lowest BCUT2D eigenvalue weighted by atomic mass is 10.0. The molecule has 4 heterocycles. The van der Waals surface area contributed by atoms with Gasteiger partial charge in [-0.2, -0.15) is 9.65 Å². The van der Waals surface area contributed by atoms with E-state index in [9.17, 15) is 14.0 Å². The second-order valence-electron chi connectivity index (χ2n) is 9.11. The topological polar surface area (TPSA) is 114 Å². The summed E-state index contributed by atoms with van der Waals surface area (Å²) in [6.07, 6.45) is 9.53. The molecule has 0 unspecified atom stereocenters. The monoisotopic (exact) mass is 594 g/mol. The van der Waals surface area contributed by atoms with Gasteiger partial charge in [0.25, 0.3) is 0 Å². The highest BCUT2D eigenvalue weighted by atomic mass is 35.5. The van der Waals surface area contributed by atoms with Gasteiger partial charge in [-0.05, 0) is 30.7 Å². The molecule has 1 aromatic carbocycles. The molecule has 2 N–H and O–H groups in total. The summed E-state index contributed by atoms with van der Waals surface area (Å²) >= 11 is 12.8. The summed E-state index contributed by atoms with van der Waals surface area (Å²) in [6.45, 7) is 7.14. The van der Waals surface area contributed by atoms with Crippen molar-refractivity contribution in [2.45, 2.75) is 19.0 Å². The molecule has 0 bridgehead atoms. The Hall–Kier alpha value is -4.37. The molecule has 0 spiro atoms. The van der Waals surface area contributed by atoms with Crippen LogP contribution in [0.2, 0.25) is 5.02 Å². The van der Waals surface area contributed by atoms with E-state index in [1.807, 2.05) is 13.1 Å². The third kappa shape index (κ3) is 6.05. The van der Waals surface area contributed by atoms with Crippen LogP contribution in [0.4, 0.5) is 25.8 Å². The molecule has 1 aliphatic heterocycles. The van der Waals surface area contributed by atoms with E-state index in [4.69, 9.17) is 27.9 Å². The molecule has 1 fully saturated rings. The average molecular weight is 595 g/mol. The van der Waals surface area contributed by atoms with Crippen molar-refractivity contribution in [2.75, 3.05) is 23.8 Å². The Balaban J connectivity index is 1.56. The Labute approximate surface area is 243 Å². The zero-order chi connectivity index (χ0) is 29.1. The number of pyridine rings is 2. The SMILES string of the molecule is C=C(/C=C\C(Cl)=C/C)[C@H](Nc1cc(Cl)c2ncc(C#N)c(Nc3cnc(F)c(F)c3)c2c1)c1cn(C2COC2)nn1. The number of anilines is 3. The Morgan fingerprint density at radius 2 is 2.02 bits per heavy atom. The molecule has 5 rings (SSSR count). The van der Waals surface area contributed by atoms with Gasteiger partial charge < -0.3 is 15.4 Å². The molecular weight excluding hydrogens is 573 g/mol. The molecule has 208 valence electrons. The maximum Gasteiger partial charge on any atom is 0.249 e. The second kappa shape index (κ2) is 12.0. The number of hydrogen-bond donors (Lipinski definition) is 2. The van der Waals surface area contributed by atoms with Crippen LogP contribution >= 0.6 is 23.2 Å². The maximum atomic E-state index is 13.9. The number of nitrogens with zero attached hydrogens (tertiary/aromatic N) is 6. The van der Waals surface area contributed by atoms with Gasteiger partial charge in [0.2, 0.25) is 5.95 Å². The van der Waals surface area contributed by atoms with Crippen molar-refractivity contribution in [3.8, 4) is 6.07 Å². The van der Waals surface area contributed by atoms with Crippen molar-refractivity contribution in [3.63, 3.8) is 0 Å². The van der Waals surface area contributed by atoms with E-state index >= 15 is 0 Å². The first-order valence-electron chi connectivity index (χ1n) is 12.3. The van der Waals surface area contributed by atoms with Gasteiger partial charge in [-0.15, -0.1) is 5.10 Å². The molecule has 1 aliphatic rings. The van der Waals surface area contributed by atoms with Gasteiger partial charge in [0.05, 0.1) is 59.1 Å². The Morgan fingerprint density at radius 1 is 1.22 bits per heavy atom. The summed E-state index contributed by atoms with van der Waals surface area (Å²) in [5.41, 5.74) is 2.75. The van der Waals surface area contributed by atoms with Crippen LogP contribution in [-0.2, 0) is 4.74 Å². The minimum absolute atomic E-state index is 0.100. The molecule has 13 heteroatoms. The Kier molecular flexibility index (Phi) is 8.26. The summed E-state index contributed by atoms with van der Waals surface area (Å²) in [7, 11) is 0. The Morgan fingerprint density at radius 3 is 2.71 bits per heavy atom. The number of ether oxygens (including phenoxy) is 1. The number of nitrogens with one attached hydrogen (secondary N) is 2. The molecule has 4 aromatic rings. The van der Waals surface area contributed by atoms with Crippen LogP contribution in [0, 0.1) is 23.1 Å². The number of benzene rings is 1. The van der Waals surface area contributed by atoms with Gasteiger partial charge in [-0.3, -0.25) is 4.98 Å². The van der Waals surface area contributed by atoms with Crippen LogP contribution in [0.5, 0.6) is 0 Å². The molecule has 0 amide bonds. The van der Waals surface area contributed by atoms with Crippen LogP contribution in [0.3, 0.4) is 0 Å². The zero-order valence-corrected chi connectivity index (χ0v) is 23.1. The van der Waals surface area contributed by atoms with Crippen molar-refractivity contribution in [1.29, 1.82) is 5.26 Å². The van der Waals surface area contributed by atoms with Gasteiger partial charge in [0.1, 0.15) is 17.8 Å². The number of fused-ring (bicyclic) bond motifs is 1. The van der Waals surface area contributed by atoms with E-state index < -0.39 is 17.8 Å². The molecule has 3 aromatic heterocycles. The summed E-state index contributed by atoms with van der Waals surface area (Å²) in [5, 5.41) is 26.0.